The molecule has 0 aliphatic heterocycles. The summed E-state index contributed by atoms with van der Waals surface area (Å²) >= 11 is 0. The number of pyridine rings is 1. The molecule has 0 aliphatic carbocycles. The van der Waals surface area contributed by atoms with E-state index in [4.69, 9.17) is 4.74 Å². The highest BCUT2D eigenvalue weighted by molar-refractivity contribution is 5.92. The van der Waals surface area contributed by atoms with Gasteiger partial charge in [-0.15, -0.1) is 0 Å². The molecule has 0 radical (unpaired) electrons. The van der Waals surface area contributed by atoms with Gasteiger partial charge in [0.1, 0.15) is 11.4 Å². The van der Waals surface area contributed by atoms with Crippen molar-refractivity contribution in [2.75, 3.05) is 19.7 Å². The van der Waals surface area contributed by atoms with Gasteiger partial charge in [0.2, 0.25) is 0 Å². The van der Waals surface area contributed by atoms with Gasteiger partial charge >= 0.3 is 0 Å². The van der Waals surface area contributed by atoms with Gasteiger partial charge in [0.25, 0.3) is 11.8 Å². The third kappa shape index (κ3) is 6.63. The highest BCUT2D eigenvalue weighted by Crippen LogP contribution is 2.13. The van der Waals surface area contributed by atoms with E-state index in [1.807, 2.05) is 24.3 Å². The summed E-state index contributed by atoms with van der Waals surface area (Å²) in [5.41, 5.74) is 1.60. The van der Waals surface area contributed by atoms with E-state index in [9.17, 15) is 9.59 Å². The maximum Gasteiger partial charge on any atom is 0.269 e. The van der Waals surface area contributed by atoms with Gasteiger partial charge in [0.05, 0.1) is 0 Å². The molecule has 2 amide bonds. The van der Waals surface area contributed by atoms with Crippen LogP contribution >= 0.6 is 0 Å². The SMILES string of the molecule is CCCc1ccc(OCC(=O)NCCNC(=O)c2ccccn2)cc1. The molecule has 0 spiro atoms. The van der Waals surface area contributed by atoms with Gasteiger partial charge in [-0.2, -0.15) is 0 Å². The molecule has 2 rings (SSSR count). The summed E-state index contributed by atoms with van der Waals surface area (Å²) in [7, 11) is 0. The molecule has 6 nitrogen and oxygen atoms in total. The van der Waals surface area contributed by atoms with Crippen molar-refractivity contribution in [1.82, 2.24) is 15.6 Å². The molecule has 1 heterocycles. The van der Waals surface area contributed by atoms with Gasteiger partial charge in [-0.05, 0) is 36.2 Å². The quantitative estimate of drug-likeness (QED) is 0.683. The maximum atomic E-state index is 11.8. The lowest BCUT2D eigenvalue weighted by Crippen LogP contribution is -2.37. The smallest absolute Gasteiger partial charge is 0.269 e. The van der Waals surface area contributed by atoms with Crippen LogP contribution in [0.1, 0.15) is 29.4 Å². The number of rotatable bonds is 9. The average Bonchev–Trinajstić information content (AvgIpc) is 2.65. The van der Waals surface area contributed by atoms with E-state index in [-0.39, 0.29) is 18.4 Å². The Balaban J connectivity index is 1.61. The van der Waals surface area contributed by atoms with Gasteiger partial charge < -0.3 is 15.4 Å². The van der Waals surface area contributed by atoms with Crippen LogP contribution in [0.15, 0.2) is 48.7 Å². The van der Waals surface area contributed by atoms with E-state index in [0.29, 0.717) is 24.5 Å². The first kappa shape index (κ1) is 18.4. The Kier molecular flexibility index (Phi) is 7.43. The van der Waals surface area contributed by atoms with Crippen LogP contribution in [0.25, 0.3) is 0 Å². The van der Waals surface area contributed by atoms with Crippen LogP contribution in [0.5, 0.6) is 5.75 Å². The highest BCUT2D eigenvalue weighted by Gasteiger charge is 2.06. The second-order valence-electron chi connectivity index (χ2n) is 5.50. The summed E-state index contributed by atoms with van der Waals surface area (Å²) in [6.07, 6.45) is 3.69. The third-order valence-electron chi connectivity index (χ3n) is 3.46. The number of carbonyl (C=O) groups is 2. The lowest BCUT2D eigenvalue weighted by atomic mass is 10.1. The molecule has 1 aromatic heterocycles. The number of carbonyl (C=O) groups excluding carboxylic acids is 2. The fourth-order valence-electron chi connectivity index (χ4n) is 2.21. The van der Waals surface area contributed by atoms with Crippen LogP contribution in [-0.2, 0) is 11.2 Å². The van der Waals surface area contributed by atoms with Crippen LogP contribution in [0.3, 0.4) is 0 Å². The van der Waals surface area contributed by atoms with Crippen molar-refractivity contribution in [3.8, 4) is 5.75 Å². The van der Waals surface area contributed by atoms with Crippen molar-refractivity contribution < 1.29 is 14.3 Å². The van der Waals surface area contributed by atoms with Crippen molar-refractivity contribution in [2.24, 2.45) is 0 Å². The molecule has 0 bridgehead atoms. The first-order chi connectivity index (χ1) is 12.2. The van der Waals surface area contributed by atoms with E-state index in [1.54, 1.807) is 24.4 Å². The largest absolute Gasteiger partial charge is 0.484 e. The minimum atomic E-state index is -0.265. The number of hydrogen-bond donors (Lipinski definition) is 2. The van der Waals surface area contributed by atoms with Crippen LogP contribution in [0, 0.1) is 0 Å². The van der Waals surface area contributed by atoms with Crippen molar-refractivity contribution in [1.29, 1.82) is 0 Å². The number of hydrogen-bond acceptors (Lipinski definition) is 4. The Morgan fingerprint density at radius 1 is 1.04 bits per heavy atom. The van der Waals surface area contributed by atoms with Gasteiger partial charge in [-0.25, -0.2) is 0 Å². The summed E-state index contributed by atoms with van der Waals surface area (Å²) in [5, 5.41) is 5.38. The summed E-state index contributed by atoms with van der Waals surface area (Å²) in [6, 6.07) is 12.9. The monoisotopic (exact) mass is 341 g/mol. The fraction of sp³-hybridized carbons (Fsp3) is 0.316. The van der Waals surface area contributed by atoms with E-state index in [2.05, 4.69) is 22.5 Å². The predicted molar refractivity (Wildman–Crippen MR) is 95.5 cm³/mol. The first-order valence-electron chi connectivity index (χ1n) is 8.36. The fourth-order valence-corrected chi connectivity index (χ4v) is 2.21. The molecule has 2 aromatic rings. The third-order valence-corrected chi connectivity index (χ3v) is 3.46. The standard InChI is InChI=1S/C19H23N3O3/c1-2-5-15-7-9-16(10-8-15)25-14-18(23)21-12-13-22-19(24)17-6-3-4-11-20-17/h3-4,6-11H,2,5,12-14H2,1H3,(H,21,23)(H,22,24). The van der Waals surface area contributed by atoms with E-state index >= 15 is 0 Å². The summed E-state index contributed by atoms with van der Waals surface area (Å²) in [4.78, 5) is 27.5. The van der Waals surface area contributed by atoms with Gasteiger partial charge in [-0.3, -0.25) is 14.6 Å². The van der Waals surface area contributed by atoms with E-state index in [1.165, 1.54) is 5.56 Å². The van der Waals surface area contributed by atoms with Gasteiger partial charge in [-0.1, -0.05) is 31.5 Å². The molecule has 0 saturated heterocycles. The van der Waals surface area contributed by atoms with Crippen molar-refractivity contribution >= 4 is 11.8 Å². The number of ether oxygens (including phenoxy) is 1. The van der Waals surface area contributed by atoms with Crippen molar-refractivity contribution in [3.05, 3.63) is 59.9 Å². The summed E-state index contributed by atoms with van der Waals surface area (Å²) in [6.45, 7) is 2.73. The van der Waals surface area contributed by atoms with Gasteiger partial charge in [0.15, 0.2) is 6.61 Å². The predicted octanol–water partition coefficient (Wildman–Crippen LogP) is 1.96. The van der Waals surface area contributed by atoms with Crippen LogP contribution in [-0.4, -0.2) is 36.5 Å². The Hall–Kier alpha value is -2.89. The molecular weight excluding hydrogens is 318 g/mol. The Morgan fingerprint density at radius 2 is 1.80 bits per heavy atom. The van der Waals surface area contributed by atoms with E-state index < -0.39 is 0 Å². The van der Waals surface area contributed by atoms with Crippen LogP contribution in [0.2, 0.25) is 0 Å². The minimum absolute atomic E-state index is 0.0543. The molecule has 25 heavy (non-hydrogen) atoms. The Labute approximate surface area is 147 Å². The molecule has 132 valence electrons. The zero-order valence-corrected chi connectivity index (χ0v) is 14.3. The van der Waals surface area contributed by atoms with Crippen LogP contribution < -0.4 is 15.4 Å². The second kappa shape index (κ2) is 10.1. The van der Waals surface area contributed by atoms with Crippen molar-refractivity contribution in [3.63, 3.8) is 0 Å². The Bertz CT molecular complexity index is 672. The zero-order valence-electron chi connectivity index (χ0n) is 14.3. The second-order valence-corrected chi connectivity index (χ2v) is 5.50. The average molecular weight is 341 g/mol. The zero-order chi connectivity index (χ0) is 17.9. The molecule has 0 aliphatic rings. The molecule has 0 unspecified atom stereocenters. The minimum Gasteiger partial charge on any atom is -0.484 e. The topological polar surface area (TPSA) is 80.3 Å². The number of benzene rings is 1. The molecule has 1 aromatic carbocycles. The van der Waals surface area contributed by atoms with Crippen molar-refractivity contribution in [2.45, 2.75) is 19.8 Å². The number of nitrogens with zero attached hydrogens (tertiary/aromatic N) is 1. The highest BCUT2D eigenvalue weighted by atomic mass is 16.5. The van der Waals surface area contributed by atoms with Crippen LogP contribution in [0.4, 0.5) is 0 Å². The lowest BCUT2D eigenvalue weighted by Gasteiger charge is -2.09. The van der Waals surface area contributed by atoms with E-state index in [0.717, 1.165) is 12.8 Å². The molecule has 0 atom stereocenters. The lowest BCUT2D eigenvalue weighted by molar-refractivity contribution is -0.123. The Morgan fingerprint density at radius 3 is 2.48 bits per heavy atom. The normalized spacial score (nSPS) is 10.1. The molecule has 6 heteroatoms. The summed E-state index contributed by atoms with van der Waals surface area (Å²) < 4.78 is 5.44. The number of amides is 2. The number of aromatic nitrogens is 1. The molecule has 0 saturated carbocycles. The first-order valence-corrected chi connectivity index (χ1v) is 8.36. The maximum absolute atomic E-state index is 11.8. The van der Waals surface area contributed by atoms with Gasteiger partial charge in [0, 0.05) is 19.3 Å². The molecule has 2 N–H and O–H groups in total. The molecular formula is C19H23N3O3. The number of aryl methyl sites for hydroxylation is 1. The number of nitrogens with one attached hydrogen (secondary N) is 2. The summed E-state index contributed by atoms with van der Waals surface area (Å²) in [5.74, 6) is 0.168. The molecule has 0 fully saturated rings.